The van der Waals surface area contributed by atoms with Crippen LogP contribution in [0, 0.1) is 12.7 Å². The van der Waals surface area contributed by atoms with Gasteiger partial charge < -0.3 is 4.74 Å². The van der Waals surface area contributed by atoms with Crippen LogP contribution in [0.15, 0.2) is 35.4 Å². The van der Waals surface area contributed by atoms with Crippen LogP contribution < -0.4 is 4.74 Å². The second-order valence-corrected chi connectivity index (χ2v) is 8.11. The molecule has 0 fully saturated rings. The van der Waals surface area contributed by atoms with E-state index in [9.17, 15) is 12.8 Å². The molecule has 7 nitrogen and oxygen atoms in total. The van der Waals surface area contributed by atoms with Gasteiger partial charge in [-0.2, -0.15) is 9.40 Å². The third-order valence-electron chi connectivity index (χ3n) is 4.50. The smallest absolute Gasteiger partial charge is 0.243 e. The molecule has 0 bridgehead atoms. The lowest BCUT2D eigenvalue weighted by atomic mass is 10.1. The van der Waals surface area contributed by atoms with Crippen LogP contribution in [-0.4, -0.2) is 41.0 Å². The molecule has 1 aliphatic rings. The molecule has 3 aromatic rings. The summed E-state index contributed by atoms with van der Waals surface area (Å²) in [5, 5.41) is 4.43. The van der Waals surface area contributed by atoms with E-state index in [1.54, 1.807) is 10.7 Å². The minimum atomic E-state index is -3.82. The molecule has 3 heterocycles. The molecule has 1 aliphatic heterocycles. The van der Waals surface area contributed by atoms with E-state index in [0.717, 1.165) is 28.7 Å². The fraction of sp³-hybridized carbons (Fsp3) is 0.294. The Hall–Kier alpha value is -2.52. The summed E-state index contributed by atoms with van der Waals surface area (Å²) >= 11 is 0. The number of aryl methyl sites for hydroxylation is 1. The van der Waals surface area contributed by atoms with Crippen molar-refractivity contribution in [1.82, 2.24) is 18.9 Å². The quantitative estimate of drug-likeness (QED) is 0.698. The molecule has 0 saturated carbocycles. The van der Waals surface area contributed by atoms with Gasteiger partial charge in [0.2, 0.25) is 10.0 Å². The lowest BCUT2D eigenvalue weighted by Crippen LogP contribution is -2.37. The fourth-order valence-electron chi connectivity index (χ4n) is 3.19. The maximum atomic E-state index is 13.9. The number of fused-ring (bicyclic) bond motifs is 3. The topological polar surface area (TPSA) is 76.8 Å². The Balaban J connectivity index is 1.69. The summed E-state index contributed by atoms with van der Waals surface area (Å²) in [6, 6.07) is 5.54. The van der Waals surface area contributed by atoms with Gasteiger partial charge in [-0.25, -0.2) is 22.3 Å². The highest BCUT2D eigenvalue weighted by molar-refractivity contribution is 7.89. The first-order valence-electron chi connectivity index (χ1n) is 8.07. The molecule has 4 rings (SSSR count). The van der Waals surface area contributed by atoms with Crippen LogP contribution in [-0.2, 0) is 23.0 Å². The minimum Gasteiger partial charge on any atom is -0.494 e. The molecule has 0 amide bonds. The summed E-state index contributed by atoms with van der Waals surface area (Å²) in [4.78, 5) is 4.25. The zero-order valence-electron chi connectivity index (χ0n) is 14.3. The van der Waals surface area contributed by atoms with Crippen molar-refractivity contribution >= 4 is 15.7 Å². The number of rotatable bonds is 3. The summed E-state index contributed by atoms with van der Waals surface area (Å²) in [7, 11) is -2.49. The Bertz CT molecular complexity index is 1110. The maximum Gasteiger partial charge on any atom is 0.243 e. The van der Waals surface area contributed by atoms with Crippen molar-refractivity contribution in [3.63, 3.8) is 0 Å². The van der Waals surface area contributed by atoms with Crippen LogP contribution in [0.25, 0.3) is 5.65 Å². The van der Waals surface area contributed by atoms with Crippen molar-refractivity contribution in [3.8, 4) is 5.75 Å². The van der Waals surface area contributed by atoms with Crippen LogP contribution >= 0.6 is 0 Å². The van der Waals surface area contributed by atoms with E-state index < -0.39 is 15.8 Å². The number of sulfonamides is 1. The van der Waals surface area contributed by atoms with Crippen LogP contribution in [0.4, 0.5) is 4.39 Å². The molecule has 26 heavy (non-hydrogen) atoms. The Morgan fingerprint density at radius 3 is 2.81 bits per heavy atom. The molecule has 1 aromatic carbocycles. The molecule has 9 heteroatoms. The SMILES string of the molecule is COc1ccc(S(=O)(=O)N2CCc3c(cnc4cc(C)nn34)C2)cc1F. The highest BCUT2D eigenvalue weighted by atomic mass is 32.2. The van der Waals surface area contributed by atoms with Crippen LogP contribution in [0.5, 0.6) is 5.75 Å². The Morgan fingerprint density at radius 1 is 1.27 bits per heavy atom. The molecule has 136 valence electrons. The number of aromatic nitrogens is 3. The summed E-state index contributed by atoms with van der Waals surface area (Å²) < 4.78 is 47.7. The highest BCUT2D eigenvalue weighted by Crippen LogP contribution is 2.27. The molecule has 0 aliphatic carbocycles. The molecule has 0 atom stereocenters. The predicted octanol–water partition coefficient (Wildman–Crippen LogP) is 1.93. The van der Waals surface area contributed by atoms with Gasteiger partial charge in [-0.1, -0.05) is 0 Å². The molecule has 0 spiro atoms. The van der Waals surface area contributed by atoms with Crippen molar-refractivity contribution in [2.75, 3.05) is 13.7 Å². The van der Waals surface area contributed by atoms with Gasteiger partial charge in [-0.15, -0.1) is 0 Å². The number of benzene rings is 1. The standard InChI is InChI=1S/C17H17FN4O3S/c1-11-7-17-19-9-12-10-21(6-5-15(12)22(17)20-11)26(23,24)13-3-4-16(25-2)14(18)8-13/h3-4,7-9H,5-6,10H2,1-2H3. The van der Waals surface area contributed by atoms with E-state index >= 15 is 0 Å². The normalized spacial score (nSPS) is 15.2. The van der Waals surface area contributed by atoms with E-state index in [2.05, 4.69) is 10.1 Å². The van der Waals surface area contributed by atoms with Crippen molar-refractivity contribution in [1.29, 1.82) is 0 Å². The monoisotopic (exact) mass is 376 g/mol. The van der Waals surface area contributed by atoms with Gasteiger partial charge in [0.25, 0.3) is 0 Å². The summed E-state index contributed by atoms with van der Waals surface area (Å²) in [6.07, 6.45) is 2.19. The zero-order valence-corrected chi connectivity index (χ0v) is 15.1. The third kappa shape index (κ3) is 2.63. The summed E-state index contributed by atoms with van der Waals surface area (Å²) in [5.74, 6) is -0.699. The first-order valence-corrected chi connectivity index (χ1v) is 9.51. The molecule has 0 radical (unpaired) electrons. The lowest BCUT2D eigenvalue weighted by Gasteiger charge is -2.28. The van der Waals surface area contributed by atoms with E-state index in [1.807, 2.05) is 13.0 Å². The van der Waals surface area contributed by atoms with Gasteiger partial charge in [0.15, 0.2) is 17.2 Å². The van der Waals surface area contributed by atoms with Crippen molar-refractivity contribution < 1.29 is 17.5 Å². The van der Waals surface area contributed by atoms with E-state index in [4.69, 9.17) is 4.74 Å². The van der Waals surface area contributed by atoms with E-state index in [-0.39, 0.29) is 17.2 Å². The van der Waals surface area contributed by atoms with E-state index in [1.165, 1.54) is 23.5 Å². The highest BCUT2D eigenvalue weighted by Gasteiger charge is 2.30. The Labute approximate surface area is 150 Å². The Kier molecular flexibility index (Phi) is 3.92. The molecule has 0 N–H and O–H groups in total. The number of nitrogens with zero attached hydrogens (tertiary/aromatic N) is 4. The van der Waals surface area contributed by atoms with Gasteiger partial charge >= 0.3 is 0 Å². The van der Waals surface area contributed by atoms with Crippen molar-refractivity contribution in [3.05, 3.63) is 53.2 Å². The van der Waals surface area contributed by atoms with E-state index in [0.29, 0.717) is 13.0 Å². The summed E-state index contributed by atoms with van der Waals surface area (Å²) in [6.45, 7) is 2.35. The molecular weight excluding hydrogens is 359 g/mol. The van der Waals surface area contributed by atoms with Crippen LogP contribution in [0.2, 0.25) is 0 Å². The average Bonchev–Trinajstić information content (AvgIpc) is 3.01. The van der Waals surface area contributed by atoms with Crippen LogP contribution in [0.1, 0.15) is 17.0 Å². The first-order chi connectivity index (χ1) is 12.4. The second kappa shape index (κ2) is 6.03. The first kappa shape index (κ1) is 16.9. The largest absolute Gasteiger partial charge is 0.494 e. The maximum absolute atomic E-state index is 13.9. The molecule has 0 unspecified atom stereocenters. The molecular formula is C17H17FN4O3S. The minimum absolute atomic E-state index is 0.00795. The predicted molar refractivity (Wildman–Crippen MR) is 92.0 cm³/mol. The van der Waals surface area contributed by atoms with Crippen molar-refractivity contribution in [2.24, 2.45) is 0 Å². The molecule has 2 aromatic heterocycles. The third-order valence-corrected chi connectivity index (χ3v) is 6.34. The van der Waals surface area contributed by atoms with Crippen molar-refractivity contribution in [2.45, 2.75) is 24.8 Å². The van der Waals surface area contributed by atoms with Gasteiger partial charge in [0.05, 0.1) is 23.4 Å². The Morgan fingerprint density at radius 2 is 2.08 bits per heavy atom. The second-order valence-electron chi connectivity index (χ2n) is 6.17. The number of hydrogen-bond donors (Lipinski definition) is 0. The average molecular weight is 376 g/mol. The van der Waals surface area contributed by atoms with Gasteiger partial charge in [0.1, 0.15) is 0 Å². The fourth-order valence-corrected chi connectivity index (χ4v) is 4.62. The summed E-state index contributed by atoms with van der Waals surface area (Å²) in [5.41, 5.74) is 3.35. The van der Waals surface area contributed by atoms with Crippen LogP contribution in [0.3, 0.4) is 0 Å². The number of halogens is 1. The van der Waals surface area contributed by atoms with Gasteiger partial charge in [-0.05, 0) is 25.1 Å². The number of methoxy groups -OCH3 is 1. The molecule has 0 saturated heterocycles. The number of ether oxygens (including phenoxy) is 1. The lowest BCUT2D eigenvalue weighted by molar-refractivity contribution is 0.379. The van der Waals surface area contributed by atoms with Gasteiger partial charge in [0, 0.05) is 37.3 Å². The number of hydrogen-bond acceptors (Lipinski definition) is 5. The van der Waals surface area contributed by atoms with Gasteiger partial charge in [-0.3, -0.25) is 0 Å². The zero-order chi connectivity index (χ0) is 18.5.